The minimum Gasteiger partial charge on any atom is -0.465 e. The monoisotopic (exact) mass is 582 g/mol. The number of hydrogen-bond acceptors (Lipinski definition) is 6. The van der Waals surface area contributed by atoms with Crippen molar-refractivity contribution in [3.8, 4) is 0 Å². The Morgan fingerprint density at radius 2 is 1.52 bits per heavy atom. The van der Waals surface area contributed by atoms with Crippen molar-refractivity contribution in [3.05, 3.63) is 114 Å². The molecule has 0 spiro atoms. The standard InChI is InChI=1S/C32H30N4O5S/c1-3-29(32(40)34-24-16-14-23(15-17-24)33-21(2)37)42-27-13-7-11-25(19-27)35-31(39)28(20-26-12-8-18-41-26)36-30(38)22-9-5-4-6-10-22/h4-20,29H,3H2,1-2H3,(H,33,37)(H,34,40)(H,35,39)(H,36,38)/b28-20-. The van der Waals surface area contributed by atoms with Crippen LogP contribution in [0.25, 0.3) is 6.08 Å². The van der Waals surface area contributed by atoms with Gasteiger partial charge in [0.05, 0.1) is 11.5 Å². The van der Waals surface area contributed by atoms with Crippen molar-refractivity contribution < 1.29 is 23.6 Å². The number of thioether (sulfide) groups is 1. The average Bonchev–Trinajstić information content (AvgIpc) is 3.50. The fraction of sp³-hybridized carbons (Fsp3) is 0.125. The van der Waals surface area contributed by atoms with Crippen molar-refractivity contribution in [2.75, 3.05) is 16.0 Å². The third-order valence-electron chi connectivity index (χ3n) is 5.86. The molecule has 0 radical (unpaired) electrons. The molecular weight excluding hydrogens is 552 g/mol. The molecule has 4 amide bonds. The van der Waals surface area contributed by atoms with Crippen LogP contribution in [-0.2, 0) is 14.4 Å². The van der Waals surface area contributed by atoms with Crippen LogP contribution in [0.1, 0.15) is 36.4 Å². The smallest absolute Gasteiger partial charge is 0.272 e. The first kappa shape index (κ1) is 29.9. The highest BCUT2D eigenvalue weighted by Gasteiger charge is 2.20. The van der Waals surface area contributed by atoms with Crippen LogP contribution in [0.3, 0.4) is 0 Å². The number of benzene rings is 3. The van der Waals surface area contributed by atoms with Crippen molar-refractivity contribution >= 4 is 58.5 Å². The van der Waals surface area contributed by atoms with Crippen LogP contribution in [-0.4, -0.2) is 28.9 Å². The molecule has 4 N–H and O–H groups in total. The molecule has 0 bridgehead atoms. The number of carbonyl (C=O) groups excluding carboxylic acids is 4. The summed E-state index contributed by atoms with van der Waals surface area (Å²) < 4.78 is 5.35. The predicted octanol–water partition coefficient (Wildman–Crippen LogP) is 6.16. The molecule has 3 aromatic carbocycles. The van der Waals surface area contributed by atoms with Gasteiger partial charge in [0.15, 0.2) is 0 Å². The Morgan fingerprint density at radius 3 is 2.17 bits per heavy atom. The quantitative estimate of drug-likeness (QED) is 0.124. The van der Waals surface area contributed by atoms with Crippen LogP contribution in [0.4, 0.5) is 17.1 Å². The number of anilines is 3. The molecule has 1 unspecified atom stereocenters. The molecule has 0 aliphatic heterocycles. The van der Waals surface area contributed by atoms with Gasteiger partial charge in [-0.15, -0.1) is 11.8 Å². The molecule has 0 aliphatic rings. The van der Waals surface area contributed by atoms with E-state index in [-0.39, 0.29) is 17.5 Å². The van der Waals surface area contributed by atoms with E-state index in [2.05, 4.69) is 21.3 Å². The van der Waals surface area contributed by atoms with Crippen molar-refractivity contribution in [2.24, 2.45) is 0 Å². The van der Waals surface area contributed by atoms with Crippen LogP contribution >= 0.6 is 11.8 Å². The molecule has 9 nitrogen and oxygen atoms in total. The molecule has 1 heterocycles. The van der Waals surface area contributed by atoms with Gasteiger partial charge in [-0.05, 0) is 73.2 Å². The van der Waals surface area contributed by atoms with E-state index in [1.54, 1.807) is 84.9 Å². The Morgan fingerprint density at radius 1 is 0.810 bits per heavy atom. The molecule has 0 fully saturated rings. The third-order valence-corrected chi connectivity index (χ3v) is 7.22. The van der Waals surface area contributed by atoms with Crippen molar-refractivity contribution in [2.45, 2.75) is 30.4 Å². The fourth-order valence-corrected chi connectivity index (χ4v) is 4.87. The van der Waals surface area contributed by atoms with Crippen molar-refractivity contribution in [1.82, 2.24) is 5.32 Å². The number of hydrogen-bond donors (Lipinski definition) is 4. The highest BCUT2D eigenvalue weighted by atomic mass is 32.2. The first-order chi connectivity index (χ1) is 20.3. The van der Waals surface area contributed by atoms with E-state index in [4.69, 9.17) is 4.42 Å². The van der Waals surface area contributed by atoms with Gasteiger partial charge in [-0.3, -0.25) is 19.2 Å². The van der Waals surface area contributed by atoms with Crippen LogP contribution in [0.2, 0.25) is 0 Å². The molecule has 42 heavy (non-hydrogen) atoms. The van der Waals surface area contributed by atoms with Gasteiger partial charge >= 0.3 is 0 Å². The normalized spacial score (nSPS) is 11.7. The lowest BCUT2D eigenvalue weighted by atomic mass is 10.2. The molecule has 1 atom stereocenters. The highest BCUT2D eigenvalue weighted by Crippen LogP contribution is 2.29. The lowest BCUT2D eigenvalue weighted by Gasteiger charge is -2.16. The Labute approximate surface area is 247 Å². The van der Waals surface area contributed by atoms with Crippen LogP contribution < -0.4 is 21.3 Å². The van der Waals surface area contributed by atoms with Crippen LogP contribution in [0.5, 0.6) is 0 Å². The molecule has 0 aliphatic carbocycles. The molecule has 1 aromatic heterocycles. The van der Waals surface area contributed by atoms with E-state index in [0.717, 1.165) is 4.90 Å². The number of nitrogens with one attached hydrogen (secondary N) is 4. The predicted molar refractivity (Wildman–Crippen MR) is 165 cm³/mol. The molecule has 10 heteroatoms. The first-order valence-electron chi connectivity index (χ1n) is 13.2. The number of carbonyl (C=O) groups is 4. The van der Waals surface area contributed by atoms with E-state index in [1.165, 1.54) is 31.0 Å². The Balaban J connectivity index is 1.43. The van der Waals surface area contributed by atoms with E-state index in [1.807, 2.05) is 13.0 Å². The summed E-state index contributed by atoms with van der Waals surface area (Å²) in [6.45, 7) is 3.35. The number of rotatable bonds is 11. The third kappa shape index (κ3) is 8.70. The number of furan rings is 1. The molecular formula is C32H30N4O5S. The molecule has 4 rings (SSSR count). The van der Waals surface area contributed by atoms with Crippen molar-refractivity contribution in [1.29, 1.82) is 0 Å². The summed E-state index contributed by atoms with van der Waals surface area (Å²) in [6, 6.07) is 25.9. The van der Waals surface area contributed by atoms with Gasteiger partial charge in [-0.2, -0.15) is 0 Å². The minimum atomic E-state index is -0.537. The molecule has 4 aromatic rings. The van der Waals surface area contributed by atoms with Gasteiger partial charge in [-0.1, -0.05) is 31.2 Å². The Bertz CT molecular complexity index is 1570. The zero-order chi connectivity index (χ0) is 29.9. The van der Waals surface area contributed by atoms with E-state index in [9.17, 15) is 19.2 Å². The average molecular weight is 583 g/mol. The van der Waals surface area contributed by atoms with Crippen LogP contribution in [0.15, 0.2) is 112 Å². The van der Waals surface area contributed by atoms with Crippen LogP contribution in [0, 0.1) is 0 Å². The molecule has 214 valence electrons. The molecule has 0 saturated carbocycles. The topological polar surface area (TPSA) is 130 Å². The summed E-state index contributed by atoms with van der Waals surface area (Å²) in [6.07, 6.45) is 3.50. The summed E-state index contributed by atoms with van der Waals surface area (Å²) in [7, 11) is 0. The van der Waals surface area contributed by atoms with E-state index in [0.29, 0.717) is 34.8 Å². The lowest BCUT2D eigenvalue weighted by Crippen LogP contribution is -2.30. The van der Waals surface area contributed by atoms with Gasteiger partial charge in [0, 0.05) is 40.5 Å². The summed E-state index contributed by atoms with van der Waals surface area (Å²) in [5, 5.41) is 10.7. The van der Waals surface area contributed by atoms with Gasteiger partial charge in [0.1, 0.15) is 11.5 Å². The first-order valence-corrected chi connectivity index (χ1v) is 14.1. The van der Waals surface area contributed by atoms with Gasteiger partial charge in [-0.25, -0.2) is 0 Å². The van der Waals surface area contributed by atoms with Gasteiger partial charge in [0.2, 0.25) is 11.8 Å². The fourth-order valence-electron chi connectivity index (χ4n) is 3.85. The largest absolute Gasteiger partial charge is 0.465 e. The lowest BCUT2D eigenvalue weighted by molar-refractivity contribution is -0.116. The second kappa shape index (κ2) is 14.5. The Kier molecular flexibility index (Phi) is 10.3. The summed E-state index contributed by atoms with van der Waals surface area (Å²) in [5.74, 6) is -0.912. The summed E-state index contributed by atoms with van der Waals surface area (Å²) in [5.41, 5.74) is 2.16. The summed E-state index contributed by atoms with van der Waals surface area (Å²) in [4.78, 5) is 51.1. The van der Waals surface area contributed by atoms with Crippen molar-refractivity contribution in [3.63, 3.8) is 0 Å². The van der Waals surface area contributed by atoms with E-state index >= 15 is 0 Å². The second-order valence-corrected chi connectivity index (χ2v) is 10.4. The highest BCUT2D eigenvalue weighted by molar-refractivity contribution is 8.00. The molecule has 0 saturated heterocycles. The zero-order valence-electron chi connectivity index (χ0n) is 23.0. The van der Waals surface area contributed by atoms with Gasteiger partial charge in [0.25, 0.3) is 11.8 Å². The maximum absolute atomic E-state index is 13.3. The van der Waals surface area contributed by atoms with E-state index < -0.39 is 17.1 Å². The zero-order valence-corrected chi connectivity index (χ0v) is 23.9. The van der Waals surface area contributed by atoms with Gasteiger partial charge < -0.3 is 25.7 Å². The maximum Gasteiger partial charge on any atom is 0.272 e. The number of amides is 4. The summed E-state index contributed by atoms with van der Waals surface area (Å²) >= 11 is 1.37. The maximum atomic E-state index is 13.3. The Hall–Kier alpha value is -5.09. The second-order valence-electron chi connectivity index (χ2n) is 9.14. The minimum absolute atomic E-state index is 0.00666. The SMILES string of the molecule is CCC(Sc1cccc(NC(=O)/C(=C/c2ccco2)NC(=O)c2ccccc2)c1)C(=O)Nc1ccc(NC(C)=O)cc1.